The Hall–Kier alpha value is -1.28. The molecule has 1 aromatic carbocycles. The van der Waals surface area contributed by atoms with Crippen LogP contribution in [0.5, 0.6) is 0 Å². The number of nitrogens with zero attached hydrogens (tertiary/aromatic N) is 1. The maximum Gasteiger partial charge on any atom is 0.0408 e. The topological polar surface area (TPSA) is 29.3 Å². The molecule has 0 spiro atoms. The third-order valence-corrected chi connectivity index (χ3v) is 2.36. The Morgan fingerprint density at radius 3 is 2.54 bits per heavy atom. The molecule has 1 heterocycles. The third-order valence-electron chi connectivity index (χ3n) is 2.36. The molecule has 2 heteroatoms. The summed E-state index contributed by atoms with van der Waals surface area (Å²) in [4.78, 5) is 2.19. The minimum absolute atomic E-state index is 0.243. The van der Waals surface area contributed by atoms with Crippen LogP contribution in [0.2, 0.25) is 0 Å². The summed E-state index contributed by atoms with van der Waals surface area (Å²) in [5.74, 6) is 0. The first-order valence-corrected chi connectivity index (χ1v) is 4.53. The first kappa shape index (κ1) is 8.32. The molecule has 1 aliphatic heterocycles. The van der Waals surface area contributed by atoms with Gasteiger partial charge in [0.25, 0.3) is 0 Å². The van der Waals surface area contributed by atoms with Crippen molar-refractivity contribution in [3.05, 3.63) is 42.6 Å². The molecule has 68 valence electrons. The summed E-state index contributed by atoms with van der Waals surface area (Å²) < 4.78 is 0. The maximum absolute atomic E-state index is 5.85. The normalized spacial score (nSPS) is 22.4. The van der Waals surface area contributed by atoms with E-state index >= 15 is 0 Å². The highest BCUT2D eigenvalue weighted by molar-refractivity contribution is 5.53. The van der Waals surface area contributed by atoms with Gasteiger partial charge in [-0.05, 0) is 12.1 Å². The second-order valence-corrected chi connectivity index (χ2v) is 3.48. The first-order valence-electron chi connectivity index (χ1n) is 4.53. The van der Waals surface area contributed by atoms with Crippen molar-refractivity contribution in [3.63, 3.8) is 0 Å². The molecule has 0 amide bonds. The van der Waals surface area contributed by atoms with E-state index in [1.165, 1.54) is 5.69 Å². The molecule has 1 atom stereocenters. The van der Waals surface area contributed by atoms with Crippen molar-refractivity contribution >= 4 is 5.69 Å². The SMILES string of the molecule is C=C1CC(N)CN1c1ccccc1. The van der Waals surface area contributed by atoms with E-state index in [0.29, 0.717) is 0 Å². The predicted octanol–water partition coefficient (Wildman–Crippen LogP) is 1.74. The van der Waals surface area contributed by atoms with Crippen LogP contribution in [0.25, 0.3) is 0 Å². The van der Waals surface area contributed by atoms with Crippen LogP contribution in [0.1, 0.15) is 6.42 Å². The summed E-state index contributed by atoms with van der Waals surface area (Å²) in [5.41, 5.74) is 8.17. The van der Waals surface area contributed by atoms with Crippen LogP contribution in [0.15, 0.2) is 42.6 Å². The molecule has 1 aromatic rings. The number of benzene rings is 1. The largest absolute Gasteiger partial charge is 0.344 e. The monoisotopic (exact) mass is 174 g/mol. The molecule has 0 saturated carbocycles. The van der Waals surface area contributed by atoms with Crippen molar-refractivity contribution in [2.24, 2.45) is 5.73 Å². The molecular formula is C11H14N2. The maximum atomic E-state index is 5.85. The lowest BCUT2D eigenvalue weighted by atomic mass is 10.2. The highest BCUT2D eigenvalue weighted by Crippen LogP contribution is 2.25. The molecule has 2 nitrogen and oxygen atoms in total. The number of rotatable bonds is 1. The predicted molar refractivity (Wildman–Crippen MR) is 55.5 cm³/mol. The molecular weight excluding hydrogens is 160 g/mol. The molecule has 13 heavy (non-hydrogen) atoms. The zero-order chi connectivity index (χ0) is 9.26. The van der Waals surface area contributed by atoms with Crippen LogP contribution in [-0.4, -0.2) is 12.6 Å². The molecule has 2 rings (SSSR count). The van der Waals surface area contributed by atoms with E-state index in [1.807, 2.05) is 18.2 Å². The number of anilines is 1. The molecule has 0 aliphatic carbocycles. The van der Waals surface area contributed by atoms with Crippen molar-refractivity contribution in [1.29, 1.82) is 0 Å². The van der Waals surface area contributed by atoms with E-state index < -0.39 is 0 Å². The van der Waals surface area contributed by atoms with Gasteiger partial charge in [0.1, 0.15) is 0 Å². The first-order chi connectivity index (χ1) is 6.27. The zero-order valence-electron chi connectivity index (χ0n) is 7.61. The van der Waals surface area contributed by atoms with Crippen LogP contribution >= 0.6 is 0 Å². The van der Waals surface area contributed by atoms with Gasteiger partial charge in [0, 0.05) is 30.4 Å². The Labute approximate surface area is 78.7 Å². The van der Waals surface area contributed by atoms with Crippen LogP contribution in [0, 0.1) is 0 Å². The van der Waals surface area contributed by atoms with E-state index in [1.54, 1.807) is 0 Å². The summed E-state index contributed by atoms with van der Waals surface area (Å²) in [6.45, 7) is 4.90. The fourth-order valence-electron chi connectivity index (χ4n) is 1.74. The number of para-hydroxylation sites is 1. The van der Waals surface area contributed by atoms with E-state index in [4.69, 9.17) is 5.73 Å². The van der Waals surface area contributed by atoms with Gasteiger partial charge in [0.15, 0.2) is 0 Å². The zero-order valence-corrected chi connectivity index (χ0v) is 7.61. The summed E-state index contributed by atoms with van der Waals surface area (Å²) in [5, 5.41) is 0. The Bertz CT molecular complexity index is 305. The van der Waals surface area contributed by atoms with Gasteiger partial charge in [0.05, 0.1) is 0 Å². The molecule has 0 bridgehead atoms. The van der Waals surface area contributed by atoms with Crippen LogP contribution < -0.4 is 10.6 Å². The van der Waals surface area contributed by atoms with Gasteiger partial charge in [-0.25, -0.2) is 0 Å². The van der Waals surface area contributed by atoms with E-state index in [-0.39, 0.29) is 6.04 Å². The summed E-state index contributed by atoms with van der Waals surface area (Å²) in [6, 6.07) is 10.5. The Kier molecular flexibility index (Phi) is 2.07. The van der Waals surface area contributed by atoms with Gasteiger partial charge >= 0.3 is 0 Å². The highest BCUT2D eigenvalue weighted by Gasteiger charge is 2.22. The van der Waals surface area contributed by atoms with E-state index in [0.717, 1.165) is 18.7 Å². The van der Waals surface area contributed by atoms with Gasteiger partial charge in [-0.15, -0.1) is 0 Å². The summed E-state index contributed by atoms with van der Waals surface area (Å²) in [7, 11) is 0. The quantitative estimate of drug-likeness (QED) is 0.702. The third kappa shape index (κ3) is 1.58. The number of nitrogens with two attached hydrogens (primary N) is 1. The van der Waals surface area contributed by atoms with Gasteiger partial charge in [-0.1, -0.05) is 24.8 Å². The summed E-state index contributed by atoms with van der Waals surface area (Å²) >= 11 is 0. The lowest BCUT2D eigenvalue weighted by Crippen LogP contribution is -2.25. The average Bonchev–Trinajstić information content (AvgIpc) is 2.47. The molecule has 1 unspecified atom stereocenters. The smallest absolute Gasteiger partial charge is 0.0408 e. The number of hydrogen-bond donors (Lipinski definition) is 1. The minimum Gasteiger partial charge on any atom is -0.344 e. The van der Waals surface area contributed by atoms with Crippen molar-refractivity contribution in [1.82, 2.24) is 0 Å². The lowest BCUT2D eigenvalue weighted by Gasteiger charge is -2.18. The van der Waals surface area contributed by atoms with Gasteiger partial charge in [-0.2, -0.15) is 0 Å². The molecule has 0 radical (unpaired) electrons. The molecule has 1 saturated heterocycles. The summed E-state index contributed by atoms with van der Waals surface area (Å²) in [6.07, 6.45) is 0.912. The van der Waals surface area contributed by atoms with Crippen molar-refractivity contribution in [3.8, 4) is 0 Å². The van der Waals surface area contributed by atoms with Crippen molar-refractivity contribution < 1.29 is 0 Å². The minimum atomic E-state index is 0.243. The molecule has 1 fully saturated rings. The van der Waals surface area contributed by atoms with Crippen LogP contribution in [0.3, 0.4) is 0 Å². The second kappa shape index (κ2) is 3.23. The lowest BCUT2D eigenvalue weighted by molar-refractivity contribution is 0.760. The van der Waals surface area contributed by atoms with Crippen molar-refractivity contribution in [2.45, 2.75) is 12.5 Å². The second-order valence-electron chi connectivity index (χ2n) is 3.48. The molecule has 0 aromatic heterocycles. The fraction of sp³-hybridized carbons (Fsp3) is 0.273. The average molecular weight is 174 g/mol. The van der Waals surface area contributed by atoms with E-state index in [9.17, 15) is 0 Å². The fourth-order valence-corrected chi connectivity index (χ4v) is 1.74. The van der Waals surface area contributed by atoms with Gasteiger partial charge in [-0.3, -0.25) is 0 Å². The Morgan fingerprint density at radius 1 is 1.31 bits per heavy atom. The van der Waals surface area contributed by atoms with Crippen LogP contribution in [-0.2, 0) is 0 Å². The standard InChI is InChI=1S/C11H14N2/c1-9-7-10(12)8-13(9)11-5-3-2-4-6-11/h2-6,10H,1,7-8,12H2. The van der Waals surface area contributed by atoms with Crippen LogP contribution in [0.4, 0.5) is 5.69 Å². The highest BCUT2D eigenvalue weighted by atomic mass is 15.2. The Balaban J connectivity index is 2.23. The molecule has 1 aliphatic rings. The van der Waals surface area contributed by atoms with Gasteiger partial charge < -0.3 is 10.6 Å². The Morgan fingerprint density at radius 2 is 2.00 bits per heavy atom. The van der Waals surface area contributed by atoms with Gasteiger partial charge in [0.2, 0.25) is 0 Å². The van der Waals surface area contributed by atoms with E-state index in [2.05, 4.69) is 23.6 Å². The number of hydrogen-bond acceptors (Lipinski definition) is 2. The molecule has 2 N–H and O–H groups in total. The van der Waals surface area contributed by atoms with Crippen molar-refractivity contribution in [2.75, 3.05) is 11.4 Å².